The molecule has 9 heteroatoms. The van der Waals surface area contributed by atoms with Gasteiger partial charge >= 0.3 is 10.1 Å². The minimum Gasteiger partial charge on any atom is -0.497 e. The third-order valence-corrected chi connectivity index (χ3v) is 4.54. The number of rotatable bonds is 7. The lowest BCUT2D eigenvalue weighted by molar-refractivity contribution is -0.123. The zero-order valence-corrected chi connectivity index (χ0v) is 15.8. The minimum absolute atomic E-state index is 0.0567. The van der Waals surface area contributed by atoms with Crippen LogP contribution in [0.25, 0.3) is 0 Å². The van der Waals surface area contributed by atoms with E-state index in [1.807, 2.05) is 0 Å². The van der Waals surface area contributed by atoms with Gasteiger partial charge in [0.15, 0.2) is 6.08 Å². The van der Waals surface area contributed by atoms with Gasteiger partial charge in [0.25, 0.3) is 0 Å². The molecule has 0 bridgehead atoms. The summed E-state index contributed by atoms with van der Waals surface area (Å²) in [7, 11) is -2.32. The molecule has 1 heterocycles. The van der Waals surface area contributed by atoms with Crippen LogP contribution in [0.3, 0.4) is 0 Å². The molecule has 1 aliphatic heterocycles. The Labute approximate surface area is 166 Å². The SMILES string of the molecule is [2H]C1(c2cc(OC)cc(OC)c2)OC(N)=C(OS(=O)(=O)C([2H])([2H])c2ccccc2)C1=O. The van der Waals surface area contributed by atoms with Crippen LogP contribution in [-0.4, -0.2) is 28.4 Å². The first kappa shape index (κ1) is 15.8. The number of ketones is 1. The standard InChI is InChI=1S/C19H19NO7S/c1-24-14-8-13(9-15(10-14)25-2)17-16(21)18(19(20)26-17)27-28(22,23)11-12-6-4-3-5-7-12/h3-10,17H,11,20H2,1-2H3/i11D2,17D. The topological polar surface area (TPSA) is 114 Å². The van der Waals surface area contributed by atoms with Crippen molar-refractivity contribution in [3.63, 3.8) is 0 Å². The molecule has 0 fully saturated rings. The predicted molar refractivity (Wildman–Crippen MR) is 99.7 cm³/mol. The molecule has 1 atom stereocenters. The van der Waals surface area contributed by atoms with Gasteiger partial charge in [-0.2, -0.15) is 8.42 Å². The third kappa shape index (κ3) is 4.20. The quantitative estimate of drug-likeness (QED) is 0.692. The summed E-state index contributed by atoms with van der Waals surface area (Å²) in [5, 5.41) is 0. The second-order valence-corrected chi connectivity index (χ2v) is 6.84. The molecular weight excluding hydrogens is 386 g/mol. The molecule has 8 nitrogen and oxygen atoms in total. The Morgan fingerprint density at radius 1 is 1.14 bits per heavy atom. The average Bonchev–Trinajstić information content (AvgIpc) is 2.97. The van der Waals surface area contributed by atoms with E-state index < -0.39 is 39.3 Å². The second-order valence-electron chi connectivity index (χ2n) is 5.56. The Hall–Kier alpha value is -3.20. The van der Waals surface area contributed by atoms with Gasteiger partial charge in [-0.3, -0.25) is 4.79 Å². The zero-order valence-electron chi connectivity index (χ0n) is 18.0. The maximum atomic E-state index is 12.9. The highest BCUT2D eigenvalue weighted by atomic mass is 32.2. The highest BCUT2D eigenvalue weighted by Crippen LogP contribution is 2.36. The molecule has 28 heavy (non-hydrogen) atoms. The van der Waals surface area contributed by atoms with E-state index in [0.29, 0.717) is 0 Å². The van der Waals surface area contributed by atoms with Gasteiger partial charge in [-0.05, 0) is 17.7 Å². The summed E-state index contributed by atoms with van der Waals surface area (Å²) in [5.74, 6) is -2.49. The van der Waals surface area contributed by atoms with Crippen molar-refractivity contribution in [3.05, 3.63) is 71.3 Å². The maximum Gasteiger partial charge on any atom is 0.313 e. The van der Waals surface area contributed by atoms with E-state index in [1.54, 1.807) is 6.07 Å². The maximum absolute atomic E-state index is 12.9. The number of carbonyl (C=O) groups excluding carboxylic acids is 1. The molecule has 3 rings (SSSR count). The average molecular weight is 408 g/mol. The fraction of sp³-hybridized carbons (Fsp3) is 0.211. The van der Waals surface area contributed by atoms with Gasteiger partial charge in [0.05, 0.1) is 18.3 Å². The first-order chi connectivity index (χ1) is 14.5. The summed E-state index contributed by atoms with van der Waals surface area (Å²) in [6, 6.07) is 11.1. The molecule has 0 aromatic heterocycles. The number of benzene rings is 2. The van der Waals surface area contributed by atoms with Crippen LogP contribution < -0.4 is 15.2 Å². The van der Waals surface area contributed by atoms with Crippen LogP contribution in [0.4, 0.5) is 0 Å². The smallest absolute Gasteiger partial charge is 0.313 e. The van der Waals surface area contributed by atoms with Crippen molar-refractivity contribution in [2.45, 2.75) is 11.8 Å². The van der Waals surface area contributed by atoms with Crippen LogP contribution in [0.15, 0.2) is 60.2 Å². The highest BCUT2D eigenvalue weighted by molar-refractivity contribution is 7.86. The normalized spacial score (nSPS) is 21.4. The first-order valence-electron chi connectivity index (χ1n) is 9.43. The number of methoxy groups -OCH3 is 2. The molecule has 0 saturated heterocycles. The van der Waals surface area contributed by atoms with E-state index in [0.717, 1.165) is 0 Å². The molecule has 1 aliphatic rings. The Bertz CT molecular complexity index is 1130. The Morgan fingerprint density at radius 3 is 2.32 bits per heavy atom. The highest BCUT2D eigenvalue weighted by Gasteiger charge is 2.40. The Balaban J connectivity index is 1.96. The molecule has 2 N–H and O–H groups in total. The summed E-state index contributed by atoms with van der Waals surface area (Å²) in [6.07, 6.45) is -2.49. The molecule has 148 valence electrons. The molecule has 2 aromatic carbocycles. The van der Waals surface area contributed by atoms with Gasteiger partial charge in [0, 0.05) is 11.6 Å². The van der Waals surface area contributed by atoms with Crippen molar-refractivity contribution < 1.29 is 35.7 Å². The van der Waals surface area contributed by atoms with Gasteiger partial charge in [-0.1, -0.05) is 30.3 Å². The number of nitrogens with two attached hydrogens (primary N) is 1. The van der Waals surface area contributed by atoms with Crippen LogP contribution in [0, 0.1) is 0 Å². The fourth-order valence-electron chi connectivity index (χ4n) is 2.41. The van der Waals surface area contributed by atoms with E-state index in [4.69, 9.17) is 28.2 Å². The molecular formula is C19H19NO7S. The molecule has 2 aromatic rings. The Kier molecular flexibility index (Phi) is 4.41. The van der Waals surface area contributed by atoms with Crippen molar-refractivity contribution in [1.29, 1.82) is 0 Å². The van der Waals surface area contributed by atoms with E-state index >= 15 is 0 Å². The second kappa shape index (κ2) is 7.81. The van der Waals surface area contributed by atoms with Crippen LogP contribution in [0.1, 0.15) is 21.3 Å². The summed E-state index contributed by atoms with van der Waals surface area (Å²) in [5.41, 5.74) is 2.38. The largest absolute Gasteiger partial charge is 0.497 e. The van der Waals surface area contributed by atoms with E-state index in [9.17, 15) is 13.2 Å². The Morgan fingerprint density at radius 2 is 1.75 bits per heavy atom. The van der Waals surface area contributed by atoms with Gasteiger partial charge in [-0.25, -0.2) is 0 Å². The van der Waals surface area contributed by atoms with Crippen LogP contribution >= 0.6 is 0 Å². The van der Waals surface area contributed by atoms with E-state index in [2.05, 4.69) is 0 Å². The number of ether oxygens (including phenoxy) is 3. The van der Waals surface area contributed by atoms with E-state index in [-0.39, 0.29) is 22.6 Å². The summed E-state index contributed by atoms with van der Waals surface area (Å²) in [4.78, 5) is 12.9. The summed E-state index contributed by atoms with van der Waals surface area (Å²) >= 11 is 0. The number of hydrogen-bond donors (Lipinski definition) is 1. The minimum atomic E-state index is -5.06. The van der Waals surface area contributed by atoms with Crippen molar-refractivity contribution in [3.8, 4) is 11.5 Å². The van der Waals surface area contributed by atoms with Gasteiger partial charge in [0.1, 0.15) is 17.2 Å². The summed E-state index contributed by atoms with van der Waals surface area (Å²) < 4.78 is 69.9. The number of hydrogen-bond acceptors (Lipinski definition) is 8. The zero-order chi connectivity index (χ0) is 23.0. The third-order valence-electron chi connectivity index (χ3n) is 3.67. The van der Waals surface area contributed by atoms with Crippen molar-refractivity contribution in [2.24, 2.45) is 5.73 Å². The van der Waals surface area contributed by atoms with Gasteiger partial charge < -0.3 is 24.1 Å². The lowest BCUT2D eigenvalue weighted by Gasteiger charge is -2.13. The van der Waals surface area contributed by atoms with Crippen LogP contribution in [0.5, 0.6) is 11.5 Å². The molecule has 0 spiro atoms. The molecule has 0 aliphatic carbocycles. The fourth-order valence-corrected chi connectivity index (χ4v) is 3.25. The lowest BCUT2D eigenvalue weighted by Crippen LogP contribution is -2.16. The van der Waals surface area contributed by atoms with Crippen LogP contribution in [0.2, 0.25) is 0 Å². The molecule has 0 amide bonds. The molecule has 0 radical (unpaired) electrons. The summed E-state index contributed by atoms with van der Waals surface area (Å²) in [6.45, 7) is 0. The van der Waals surface area contributed by atoms with Crippen molar-refractivity contribution in [2.75, 3.05) is 14.2 Å². The molecule has 1 unspecified atom stereocenters. The first-order valence-corrected chi connectivity index (χ1v) is 9.34. The predicted octanol–water partition coefficient (Wildman–Crippen LogP) is 2.02. The monoisotopic (exact) mass is 408 g/mol. The van der Waals surface area contributed by atoms with Crippen LogP contribution in [-0.2, 0) is 29.5 Å². The lowest BCUT2D eigenvalue weighted by atomic mass is 10.1. The van der Waals surface area contributed by atoms with Crippen molar-refractivity contribution in [1.82, 2.24) is 0 Å². The van der Waals surface area contributed by atoms with Crippen molar-refractivity contribution >= 4 is 15.9 Å². The number of Topliss-reactive ketones (excluding diaryl/α,β-unsaturated/α-hetero) is 1. The molecule has 0 saturated carbocycles. The van der Waals surface area contributed by atoms with Gasteiger partial charge in [0.2, 0.25) is 17.4 Å². The number of carbonyl (C=O) groups is 1. The van der Waals surface area contributed by atoms with E-state index in [1.165, 1.54) is 56.7 Å². The van der Waals surface area contributed by atoms with Gasteiger partial charge in [-0.15, -0.1) is 0 Å².